The smallest absolute Gasteiger partial charge is 0.251 e. The van der Waals surface area contributed by atoms with Crippen molar-refractivity contribution >= 4 is 17.7 Å². The van der Waals surface area contributed by atoms with E-state index in [1.165, 1.54) is 17.3 Å². The third kappa shape index (κ3) is 3.17. The van der Waals surface area contributed by atoms with Crippen molar-refractivity contribution in [3.63, 3.8) is 0 Å². The second kappa shape index (κ2) is 7.01. The molecule has 3 nitrogen and oxygen atoms in total. The zero-order valence-electron chi connectivity index (χ0n) is 13.0. The molecule has 0 bridgehead atoms. The summed E-state index contributed by atoms with van der Waals surface area (Å²) in [6.07, 6.45) is 5.90. The first-order valence-corrected chi connectivity index (χ1v) is 8.85. The minimum Gasteiger partial charge on any atom is -0.366 e. The van der Waals surface area contributed by atoms with Crippen LogP contribution < -0.4 is 5.73 Å². The fourth-order valence-corrected chi connectivity index (χ4v) is 3.93. The van der Waals surface area contributed by atoms with Crippen LogP contribution in [0.3, 0.4) is 0 Å². The summed E-state index contributed by atoms with van der Waals surface area (Å²) >= 11 is 1.53. The molecule has 1 amide bonds. The summed E-state index contributed by atoms with van der Waals surface area (Å²) in [7, 11) is 0. The van der Waals surface area contributed by atoms with Gasteiger partial charge in [-0.25, -0.2) is 4.98 Å². The molecule has 2 N–H and O–H groups in total. The highest BCUT2D eigenvalue weighted by Crippen LogP contribution is 2.36. The van der Waals surface area contributed by atoms with Gasteiger partial charge in [-0.15, -0.1) is 18.3 Å². The minimum absolute atomic E-state index is 0.373. The maximum Gasteiger partial charge on any atom is 0.251 e. The fourth-order valence-electron chi connectivity index (χ4n) is 3.13. The van der Waals surface area contributed by atoms with E-state index in [0.29, 0.717) is 11.3 Å². The Morgan fingerprint density at radius 3 is 2.57 bits per heavy atom. The molecule has 1 heterocycles. The molecular formula is C19H20N2OS. The summed E-state index contributed by atoms with van der Waals surface area (Å²) in [5.74, 6) is 0.335. The van der Waals surface area contributed by atoms with Crippen molar-refractivity contribution in [1.29, 1.82) is 0 Å². The SMILES string of the molecule is C=CCSc1nc(-c2ccccc2)c2c(c1C(N)=O)CCCC2. The van der Waals surface area contributed by atoms with Gasteiger partial charge in [0.05, 0.1) is 11.3 Å². The van der Waals surface area contributed by atoms with Crippen LogP contribution in [0, 0.1) is 0 Å². The van der Waals surface area contributed by atoms with Crippen LogP contribution in [-0.2, 0) is 12.8 Å². The van der Waals surface area contributed by atoms with Gasteiger partial charge in [0, 0.05) is 11.3 Å². The molecule has 0 unspecified atom stereocenters. The van der Waals surface area contributed by atoms with Crippen LogP contribution >= 0.6 is 11.8 Å². The highest BCUT2D eigenvalue weighted by molar-refractivity contribution is 7.99. The number of aromatic nitrogens is 1. The Hall–Kier alpha value is -2.07. The lowest BCUT2D eigenvalue weighted by molar-refractivity contribution is 0.0995. The number of hydrogen-bond donors (Lipinski definition) is 1. The van der Waals surface area contributed by atoms with Crippen LogP contribution in [-0.4, -0.2) is 16.6 Å². The molecule has 4 heteroatoms. The predicted molar refractivity (Wildman–Crippen MR) is 95.8 cm³/mol. The molecule has 23 heavy (non-hydrogen) atoms. The number of nitrogens with two attached hydrogens (primary N) is 1. The van der Waals surface area contributed by atoms with E-state index < -0.39 is 0 Å². The van der Waals surface area contributed by atoms with E-state index in [1.807, 2.05) is 24.3 Å². The average Bonchev–Trinajstić information content (AvgIpc) is 2.59. The monoisotopic (exact) mass is 324 g/mol. The molecule has 1 aliphatic carbocycles. The highest BCUT2D eigenvalue weighted by Gasteiger charge is 2.25. The molecule has 1 aromatic heterocycles. The second-order valence-electron chi connectivity index (χ2n) is 5.63. The van der Waals surface area contributed by atoms with Crippen molar-refractivity contribution in [3.8, 4) is 11.3 Å². The first-order chi connectivity index (χ1) is 11.2. The van der Waals surface area contributed by atoms with Gasteiger partial charge >= 0.3 is 0 Å². The lowest BCUT2D eigenvalue weighted by atomic mass is 9.86. The largest absolute Gasteiger partial charge is 0.366 e. The molecule has 0 fully saturated rings. The number of carbonyl (C=O) groups is 1. The molecule has 0 radical (unpaired) electrons. The number of pyridine rings is 1. The Labute approximate surface area is 141 Å². The van der Waals surface area contributed by atoms with E-state index in [2.05, 4.69) is 18.7 Å². The van der Waals surface area contributed by atoms with Gasteiger partial charge in [-0.3, -0.25) is 4.79 Å². The second-order valence-corrected chi connectivity index (χ2v) is 6.64. The van der Waals surface area contributed by atoms with E-state index >= 15 is 0 Å². The summed E-state index contributed by atoms with van der Waals surface area (Å²) in [5.41, 5.74) is 10.7. The van der Waals surface area contributed by atoms with Crippen LogP contribution in [0.25, 0.3) is 11.3 Å². The molecule has 1 aromatic carbocycles. The number of rotatable bonds is 5. The number of primary amides is 1. The molecule has 118 valence electrons. The molecule has 0 atom stereocenters. The van der Waals surface area contributed by atoms with Gasteiger partial charge in [-0.1, -0.05) is 36.4 Å². The van der Waals surface area contributed by atoms with Crippen molar-refractivity contribution in [3.05, 3.63) is 59.7 Å². The summed E-state index contributed by atoms with van der Waals surface area (Å²) < 4.78 is 0. The van der Waals surface area contributed by atoms with Gasteiger partial charge < -0.3 is 5.73 Å². The standard InChI is InChI=1S/C19H20N2OS/c1-2-12-23-19-16(18(20)22)14-10-6-7-11-15(14)17(21-19)13-8-4-3-5-9-13/h2-5,8-9H,1,6-7,10-12H2,(H2,20,22). The summed E-state index contributed by atoms with van der Waals surface area (Å²) in [5, 5.41) is 0.733. The Kier molecular flexibility index (Phi) is 4.82. The first kappa shape index (κ1) is 15.8. The molecule has 0 spiro atoms. The maximum atomic E-state index is 12.0. The van der Waals surface area contributed by atoms with Crippen molar-refractivity contribution < 1.29 is 4.79 Å². The van der Waals surface area contributed by atoms with Gasteiger partial charge in [0.15, 0.2) is 0 Å². The first-order valence-electron chi connectivity index (χ1n) is 7.87. The third-order valence-electron chi connectivity index (χ3n) is 4.11. The molecule has 0 aliphatic heterocycles. The van der Waals surface area contributed by atoms with E-state index in [4.69, 9.17) is 10.7 Å². The summed E-state index contributed by atoms with van der Waals surface area (Å²) in [4.78, 5) is 16.9. The van der Waals surface area contributed by atoms with Crippen LogP contribution in [0.5, 0.6) is 0 Å². The zero-order valence-corrected chi connectivity index (χ0v) is 13.9. The van der Waals surface area contributed by atoms with Crippen molar-refractivity contribution in [2.45, 2.75) is 30.7 Å². The number of hydrogen-bond acceptors (Lipinski definition) is 3. The van der Waals surface area contributed by atoms with Gasteiger partial charge in [-0.2, -0.15) is 0 Å². The Balaban J connectivity index is 2.23. The van der Waals surface area contributed by atoms with Gasteiger partial charge in [0.25, 0.3) is 5.91 Å². The normalized spacial score (nSPS) is 13.4. The minimum atomic E-state index is -0.373. The molecule has 3 rings (SSSR count). The topological polar surface area (TPSA) is 56.0 Å². The van der Waals surface area contributed by atoms with Gasteiger partial charge in [0.2, 0.25) is 0 Å². The number of benzene rings is 1. The summed E-state index contributed by atoms with van der Waals surface area (Å²) in [6, 6.07) is 10.2. The van der Waals surface area contributed by atoms with Crippen LogP contribution in [0.4, 0.5) is 0 Å². The molecule has 0 saturated carbocycles. The van der Waals surface area contributed by atoms with Crippen molar-refractivity contribution in [2.24, 2.45) is 5.73 Å². The number of nitrogens with zero attached hydrogens (tertiary/aromatic N) is 1. The van der Waals surface area contributed by atoms with E-state index in [-0.39, 0.29) is 5.91 Å². The molecule has 1 aliphatic rings. The lowest BCUT2D eigenvalue weighted by Crippen LogP contribution is -2.20. The van der Waals surface area contributed by atoms with Crippen molar-refractivity contribution in [2.75, 3.05) is 5.75 Å². The Bertz CT molecular complexity index is 741. The molecule has 0 saturated heterocycles. The third-order valence-corrected chi connectivity index (χ3v) is 5.09. The molecule has 2 aromatic rings. The number of carbonyl (C=O) groups excluding carboxylic acids is 1. The predicted octanol–water partition coefficient (Wildman–Crippen LogP) is 4.00. The maximum absolute atomic E-state index is 12.0. The number of fused-ring (bicyclic) bond motifs is 1. The van der Waals surface area contributed by atoms with Crippen LogP contribution in [0.15, 0.2) is 48.0 Å². The average molecular weight is 324 g/mol. The highest BCUT2D eigenvalue weighted by atomic mass is 32.2. The number of thioether (sulfide) groups is 1. The van der Waals surface area contributed by atoms with E-state index in [1.54, 1.807) is 0 Å². The zero-order chi connectivity index (χ0) is 16.2. The lowest BCUT2D eigenvalue weighted by Gasteiger charge is -2.23. The van der Waals surface area contributed by atoms with Gasteiger partial charge in [0.1, 0.15) is 5.03 Å². The van der Waals surface area contributed by atoms with E-state index in [0.717, 1.165) is 47.5 Å². The number of amides is 1. The van der Waals surface area contributed by atoms with Crippen LogP contribution in [0.2, 0.25) is 0 Å². The quantitative estimate of drug-likeness (QED) is 0.668. The summed E-state index contributed by atoms with van der Waals surface area (Å²) in [6.45, 7) is 3.75. The van der Waals surface area contributed by atoms with E-state index in [9.17, 15) is 4.79 Å². The van der Waals surface area contributed by atoms with Crippen LogP contribution in [0.1, 0.15) is 34.3 Å². The van der Waals surface area contributed by atoms with Crippen molar-refractivity contribution in [1.82, 2.24) is 4.98 Å². The Morgan fingerprint density at radius 2 is 1.91 bits per heavy atom. The fraction of sp³-hybridized carbons (Fsp3) is 0.263. The van der Waals surface area contributed by atoms with Gasteiger partial charge in [-0.05, 0) is 36.8 Å². The molecular weight excluding hydrogens is 304 g/mol. The Morgan fingerprint density at radius 1 is 1.22 bits per heavy atom.